The van der Waals surface area contributed by atoms with Gasteiger partial charge in [-0.05, 0) is 43.7 Å². The maximum absolute atomic E-state index is 14.4. The van der Waals surface area contributed by atoms with Crippen LogP contribution in [0.1, 0.15) is 43.2 Å². The van der Waals surface area contributed by atoms with Gasteiger partial charge in [-0.3, -0.25) is 14.5 Å². The molecule has 4 rings (SSSR count). The number of esters is 1. The number of rotatable bonds is 6. The number of amides is 1. The molecule has 182 valence electrons. The molecule has 7 heteroatoms. The summed E-state index contributed by atoms with van der Waals surface area (Å²) in [5.41, 5.74) is 1.56. The van der Waals surface area contributed by atoms with E-state index in [1.807, 2.05) is 18.2 Å². The fourth-order valence-corrected chi connectivity index (χ4v) is 5.24. The lowest BCUT2D eigenvalue weighted by Crippen LogP contribution is -2.50. The topological polar surface area (TPSA) is 49.9 Å². The molecule has 3 atom stereocenters. The number of nitrogens with zero attached hydrogens (tertiary/aromatic N) is 2. The molecule has 34 heavy (non-hydrogen) atoms. The van der Waals surface area contributed by atoms with Crippen LogP contribution in [0.4, 0.5) is 8.78 Å². The standard InChI is InChI=1S/C27H32F2N2O3/c1-2-34-27(33)21-9-6-12-31(18-21)26(32)23-13-22(19-7-4-3-5-8-19)16-30(17-23)15-20-10-11-24(28)14-25(20)29/h3-5,7-8,10-11,14,21-23H,2,6,9,12-13,15-18H2,1H3. The number of piperidine rings is 2. The molecule has 2 heterocycles. The van der Waals surface area contributed by atoms with Crippen molar-refractivity contribution in [3.05, 3.63) is 71.3 Å². The van der Waals surface area contributed by atoms with Gasteiger partial charge in [0, 0.05) is 44.4 Å². The van der Waals surface area contributed by atoms with Crippen LogP contribution in [0.3, 0.4) is 0 Å². The largest absolute Gasteiger partial charge is 0.466 e. The highest BCUT2D eigenvalue weighted by Gasteiger charge is 2.37. The first-order valence-corrected chi connectivity index (χ1v) is 12.1. The third-order valence-electron chi connectivity index (χ3n) is 6.91. The summed E-state index contributed by atoms with van der Waals surface area (Å²) in [5.74, 6) is -1.79. The molecule has 2 fully saturated rings. The Morgan fingerprint density at radius 1 is 1.03 bits per heavy atom. The first-order chi connectivity index (χ1) is 16.4. The number of carbonyl (C=O) groups is 2. The third kappa shape index (κ3) is 5.81. The zero-order valence-electron chi connectivity index (χ0n) is 19.6. The molecule has 2 aromatic rings. The maximum Gasteiger partial charge on any atom is 0.310 e. The van der Waals surface area contributed by atoms with Crippen LogP contribution in [-0.2, 0) is 20.9 Å². The van der Waals surface area contributed by atoms with E-state index in [4.69, 9.17) is 4.74 Å². The molecule has 2 aliphatic rings. The van der Waals surface area contributed by atoms with E-state index in [9.17, 15) is 18.4 Å². The summed E-state index contributed by atoms with van der Waals surface area (Å²) >= 11 is 0. The second kappa shape index (κ2) is 11.1. The van der Waals surface area contributed by atoms with Gasteiger partial charge in [0.1, 0.15) is 11.6 Å². The summed E-state index contributed by atoms with van der Waals surface area (Å²) in [7, 11) is 0. The average Bonchev–Trinajstić information content (AvgIpc) is 2.86. The molecule has 0 saturated carbocycles. The molecule has 0 aliphatic carbocycles. The summed E-state index contributed by atoms with van der Waals surface area (Å²) in [4.78, 5) is 29.7. The molecule has 0 bridgehead atoms. The molecule has 1 amide bonds. The smallest absolute Gasteiger partial charge is 0.310 e. The predicted molar refractivity (Wildman–Crippen MR) is 125 cm³/mol. The van der Waals surface area contributed by atoms with E-state index >= 15 is 0 Å². The van der Waals surface area contributed by atoms with Gasteiger partial charge in [0.2, 0.25) is 5.91 Å². The quantitative estimate of drug-likeness (QED) is 0.589. The van der Waals surface area contributed by atoms with Gasteiger partial charge in [0.15, 0.2) is 0 Å². The maximum atomic E-state index is 14.4. The van der Waals surface area contributed by atoms with E-state index in [0.29, 0.717) is 51.3 Å². The van der Waals surface area contributed by atoms with Gasteiger partial charge in [-0.15, -0.1) is 0 Å². The lowest BCUT2D eigenvalue weighted by molar-refractivity contribution is -0.152. The van der Waals surface area contributed by atoms with Crippen molar-refractivity contribution in [1.82, 2.24) is 9.80 Å². The molecule has 0 aromatic heterocycles. The SMILES string of the molecule is CCOC(=O)C1CCCN(C(=O)C2CC(c3ccccc3)CN(Cc3ccc(F)cc3F)C2)C1. The molecule has 5 nitrogen and oxygen atoms in total. The van der Waals surface area contributed by atoms with Crippen LogP contribution in [0, 0.1) is 23.5 Å². The first-order valence-electron chi connectivity index (χ1n) is 12.1. The second-order valence-electron chi connectivity index (χ2n) is 9.35. The summed E-state index contributed by atoms with van der Waals surface area (Å²) < 4.78 is 32.9. The minimum Gasteiger partial charge on any atom is -0.466 e. The van der Waals surface area contributed by atoms with Crippen molar-refractivity contribution >= 4 is 11.9 Å². The van der Waals surface area contributed by atoms with Gasteiger partial charge < -0.3 is 9.64 Å². The van der Waals surface area contributed by atoms with Crippen LogP contribution in [0.5, 0.6) is 0 Å². The summed E-state index contributed by atoms with van der Waals surface area (Å²) in [5, 5.41) is 0. The fraction of sp³-hybridized carbons (Fsp3) is 0.481. The number of likely N-dealkylation sites (tertiary alicyclic amines) is 2. The highest BCUT2D eigenvalue weighted by Crippen LogP contribution is 2.33. The van der Waals surface area contributed by atoms with E-state index in [2.05, 4.69) is 17.0 Å². The Balaban J connectivity index is 1.51. The number of carbonyl (C=O) groups excluding carboxylic acids is 2. The Morgan fingerprint density at radius 3 is 2.56 bits per heavy atom. The van der Waals surface area contributed by atoms with Gasteiger partial charge >= 0.3 is 5.97 Å². The minimum absolute atomic E-state index is 0.0409. The third-order valence-corrected chi connectivity index (χ3v) is 6.91. The molecule has 2 saturated heterocycles. The van der Waals surface area contributed by atoms with Crippen molar-refractivity contribution in [3.8, 4) is 0 Å². The van der Waals surface area contributed by atoms with Crippen LogP contribution >= 0.6 is 0 Å². The minimum atomic E-state index is -0.601. The Labute approximate surface area is 199 Å². The highest BCUT2D eigenvalue weighted by atomic mass is 19.1. The second-order valence-corrected chi connectivity index (χ2v) is 9.35. The lowest BCUT2D eigenvalue weighted by Gasteiger charge is -2.41. The van der Waals surface area contributed by atoms with E-state index in [-0.39, 0.29) is 29.6 Å². The molecule has 2 aromatic carbocycles. The van der Waals surface area contributed by atoms with Gasteiger partial charge in [-0.2, -0.15) is 0 Å². The van der Waals surface area contributed by atoms with Gasteiger partial charge in [-0.1, -0.05) is 36.4 Å². The van der Waals surface area contributed by atoms with Gasteiger partial charge in [-0.25, -0.2) is 8.78 Å². The van der Waals surface area contributed by atoms with Crippen LogP contribution in [0.2, 0.25) is 0 Å². The predicted octanol–water partition coefficient (Wildman–Crippen LogP) is 4.37. The summed E-state index contributed by atoms with van der Waals surface area (Å²) in [6.07, 6.45) is 2.20. The number of hydrogen-bond acceptors (Lipinski definition) is 4. The molecule has 0 spiro atoms. The molecular weight excluding hydrogens is 438 g/mol. The number of benzene rings is 2. The summed E-state index contributed by atoms with van der Waals surface area (Å²) in [6.45, 7) is 4.64. The number of ether oxygens (including phenoxy) is 1. The zero-order chi connectivity index (χ0) is 24.1. The monoisotopic (exact) mass is 470 g/mol. The van der Waals surface area contributed by atoms with Gasteiger partial charge in [0.25, 0.3) is 0 Å². The Kier molecular flexibility index (Phi) is 7.93. The van der Waals surface area contributed by atoms with Crippen molar-refractivity contribution in [3.63, 3.8) is 0 Å². The zero-order valence-corrected chi connectivity index (χ0v) is 19.6. The molecule has 2 aliphatic heterocycles. The van der Waals surface area contributed by atoms with Crippen molar-refractivity contribution in [2.45, 2.75) is 38.6 Å². The van der Waals surface area contributed by atoms with E-state index in [1.54, 1.807) is 11.8 Å². The number of hydrogen-bond donors (Lipinski definition) is 0. The lowest BCUT2D eigenvalue weighted by atomic mass is 9.83. The van der Waals surface area contributed by atoms with Gasteiger partial charge in [0.05, 0.1) is 18.4 Å². The summed E-state index contributed by atoms with van der Waals surface area (Å²) in [6, 6.07) is 13.7. The molecular formula is C27H32F2N2O3. The van der Waals surface area contributed by atoms with Crippen molar-refractivity contribution in [2.75, 3.05) is 32.8 Å². The first kappa shape index (κ1) is 24.3. The van der Waals surface area contributed by atoms with Crippen molar-refractivity contribution in [2.24, 2.45) is 11.8 Å². The average molecular weight is 471 g/mol. The fourth-order valence-electron chi connectivity index (χ4n) is 5.24. The van der Waals surface area contributed by atoms with Crippen LogP contribution in [0.25, 0.3) is 0 Å². The Morgan fingerprint density at radius 2 is 1.82 bits per heavy atom. The molecule has 3 unspecified atom stereocenters. The van der Waals surface area contributed by atoms with Crippen LogP contribution in [0.15, 0.2) is 48.5 Å². The number of halogens is 2. The Bertz CT molecular complexity index is 1000. The van der Waals surface area contributed by atoms with Crippen LogP contribution in [-0.4, -0.2) is 54.5 Å². The Hall–Kier alpha value is -2.80. The van der Waals surface area contributed by atoms with Crippen molar-refractivity contribution in [1.29, 1.82) is 0 Å². The normalized spacial score (nSPS) is 23.5. The highest BCUT2D eigenvalue weighted by molar-refractivity contribution is 5.81. The van der Waals surface area contributed by atoms with Crippen molar-refractivity contribution < 1.29 is 23.1 Å². The van der Waals surface area contributed by atoms with E-state index < -0.39 is 11.6 Å². The van der Waals surface area contributed by atoms with E-state index in [0.717, 1.165) is 24.5 Å². The van der Waals surface area contributed by atoms with E-state index in [1.165, 1.54) is 12.1 Å². The molecule has 0 N–H and O–H groups in total. The molecule has 0 radical (unpaired) electrons. The van der Waals surface area contributed by atoms with Crippen LogP contribution < -0.4 is 0 Å².